The van der Waals surface area contributed by atoms with Crippen molar-refractivity contribution in [1.82, 2.24) is 0 Å². The van der Waals surface area contributed by atoms with E-state index in [2.05, 4.69) is 0 Å². The molecule has 0 aromatic carbocycles. The Labute approximate surface area is 81.8 Å². The first-order chi connectivity index (χ1) is 4.50. The Morgan fingerprint density at radius 3 is 1.17 bits per heavy atom. The molecule has 0 bridgehead atoms. The fraction of sp³-hybridized carbons (Fsp3) is 1.00. The SMILES string of the molecule is CC(O)(P(=O)(O)O)P(=O)(O)O.[188Re]. The summed E-state index contributed by atoms with van der Waals surface area (Å²) in [6, 6.07) is 0. The van der Waals surface area contributed by atoms with Crippen LogP contribution in [-0.2, 0) is 29.6 Å². The van der Waals surface area contributed by atoms with E-state index in [-0.39, 0.29) is 20.4 Å². The van der Waals surface area contributed by atoms with Crippen LogP contribution in [0, 0.1) is 0 Å². The van der Waals surface area contributed by atoms with Crippen molar-refractivity contribution in [3.63, 3.8) is 0 Å². The van der Waals surface area contributed by atoms with Gasteiger partial charge in [-0.1, -0.05) is 0 Å². The van der Waals surface area contributed by atoms with Crippen LogP contribution in [0.2, 0.25) is 0 Å². The molecule has 0 aliphatic heterocycles. The molecule has 0 aliphatic carbocycles. The Kier molecular flexibility index (Phi) is 5.10. The molecule has 5 N–H and O–H groups in total. The minimum Gasteiger partial charge on any atom is -0.368 e. The third-order valence-corrected chi connectivity index (χ3v) is 4.87. The molecular formula is C2H8O7P2Re. The van der Waals surface area contributed by atoms with Crippen molar-refractivity contribution in [3.8, 4) is 0 Å². The number of aliphatic hydroxyl groups is 1. The zero-order valence-corrected chi connectivity index (χ0v) is 10.3. The second kappa shape index (κ2) is 3.97. The van der Waals surface area contributed by atoms with Crippen LogP contribution in [0.1, 0.15) is 6.92 Å². The summed E-state index contributed by atoms with van der Waals surface area (Å²) < 4.78 is 20.5. The van der Waals surface area contributed by atoms with Gasteiger partial charge in [-0.3, -0.25) is 9.13 Å². The number of rotatable bonds is 2. The Morgan fingerprint density at radius 1 is 1.00 bits per heavy atom. The quantitative estimate of drug-likeness (QED) is 0.380. The Balaban J connectivity index is 0. The fourth-order valence-electron chi connectivity index (χ4n) is 0.170. The van der Waals surface area contributed by atoms with Gasteiger partial charge in [0.15, 0.2) is 0 Å². The maximum absolute atomic E-state index is 10.3. The summed E-state index contributed by atoms with van der Waals surface area (Å²) in [5.74, 6) is 0. The van der Waals surface area contributed by atoms with E-state index >= 15 is 0 Å². The van der Waals surface area contributed by atoms with Crippen LogP contribution in [-0.4, -0.2) is 29.8 Å². The molecule has 12 heavy (non-hydrogen) atoms. The Hall–Kier alpha value is 0.922. The normalized spacial score (nSPS) is 13.8. The van der Waals surface area contributed by atoms with Crippen molar-refractivity contribution < 1.29 is 54.2 Å². The molecule has 1 radical (unpaired) electrons. The van der Waals surface area contributed by atoms with Crippen molar-refractivity contribution in [3.05, 3.63) is 0 Å². The average Bonchev–Trinajstić information content (AvgIpc) is 1.58. The van der Waals surface area contributed by atoms with E-state index in [1.807, 2.05) is 0 Å². The van der Waals surface area contributed by atoms with Gasteiger partial charge in [-0.15, -0.1) is 0 Å². The monoisotopic (exact) mass is 394 g/mol. The van der Waals surface area contributed by atoms with Crippen LogP contribution >= 0.6 is 15.2 Å². The molecule has 75 valence electrons. The zero-order valence-electron chi connectivity index (χ0n) is 5.82. The van der Waals surface area contributed by atoms with Crippen LogP contribution in [0.5, 0.6) is 0 Å². The molecule has 0 unspecified atom stereocenters. The first-order valence-corrected chi connectivity index (χ1v) is 5.56. The van der Waals surface area contributed by atoms with Gasteiger partial charge in [-0.2, -0.15) is 0 Å². The maximum atomic E-state index is 10.3. The largest absolute Gasteiger partial charge is 0.369 e. The Morgan fingerprint density at radius 2 is 1.17 bits per heavy atom. The molecule has 0 atom stereocenters. The van der Waals surface area contributed by atoms with Gasteiger partial charge in [0.2, 0.25) is 0 Å². The van der Waals surface area contributed by atoms with E-state index in [1.54, 1.807) is 0 Å². The van der Waals surface area contributed by atoms with Gasteiger partial charge in [0.05, 0.1) is 0 Å². The zero-order chi connectivity index (χ0) is 9.50. The molecule has 10 heteroatoms. The van der Waals surface area contributed by atoms with E-state index in [9.17, 15) is 9.13 Å². The minimum atomic E-state index is -5.20. The number of hydrogen-bond acceptors (Lipinski definition) is 3. The van der Waals surface area contributed by atoms with E-state index < -0.39 is 20.3 Å². The summed E-state index contributed by atoms with van der Waals surface area (Å²) in [7, 11) is -10.4. The van der Waals surface area contributed by atoms with Crippen LogP contribution in [0.25, 0.3) is 0 Å². The van der Waals surface area contributed by atoms with Crippen LogP contribution in [0.3, 0.4) is 0 Å². The standard InChI is InChI=1S/C2H8O7P2.Re/c1-2(3,10(4,5)6)11(7,8)9;/h3H,1H3,(H2,4,5,6)(H2,7,8,9);/i;1+2. The van der Waals surface area contributed by atoms with Crippen LogP contribution in [0.15, 0.2) is 0 Å². The Bertz CT molecular complexity index is 212. The van der Waals surface area contributed by atoms with Crippen molar-refractivity contribution in [2.45, 2.75) is 12.0 Å². The summed E-state index contributed by atoms with van der Waals surface area (Å²) in [6.07, 6.45) is 0. The summed E-state index contributed by atoms with van der Waals surface area (Å²) in [5, 5.41) is 5.37. The van der Waals surface area contributed by atoms with Crippen LogP contribution in [0.4, 0.5) is 0 Å². The molecule has 0 saturated carbocycles. The molecule has 0 amide bonds. The molecule has 0 aromatic heterocycles. The fourth-order valence-corrected chi connectivity index (χ4v) is 1.53. The smallest absolute Gasteiger partial charge is 0.368 e. The maximum Gasteiger partial charge on any atom is 0.369 e. The van der Waals surface area contributed by atoms with Crippen molar-refractivity contribution in [2.24, 2.45) is 0 Å². The molecule has 0 heterocycles. The molecule has 0 saturated heterocycles. The molecule has 0 aromatic rings. The molecular weight excluding hydrogens is 386 g/mol. The van der Waals surface area contributed by atoms with Crippen molar-refractivity contribution in [1.29, 1.82) is 0 Å². The van der Waals surface area contributed by atoms with Crippen LogP contribution < -0.4 is 0 Å². The molecule has 0 fully saturated rings. The molecule has 7 nitrogen and oxygen atoms in total. The molecule has 0 aliphatic rings. The van der Waals surface area contributed by atoms with E-state index in [0.717, 1.165) is 0 Å². The van der Waals surface area contributed by atoms with E-state index in [1.165, 1.54) is 0 Å². The average molecular weight is 394 g/mol. The van der Waals surface area contributed by atoms with Gasteiger partial charge < -0.3 is 24.7 Å². The van der Waals surface area contributed by atoms with E-state index in [0.29, 0.717) is 6.92 Å². The third kappa shape index (κ3) is 3.00. The second-order valence-corrected chi connectivity index (χ2v) is 6.33. The van der Waals surface area contributed by atoms with Gasteiger partial charge in [0.25, 0.3) is 5.08 Å². The second-order valence-electron chi connectivity index (χ2n) is 2.06. The minimum absolute atomic E-state index is 0. The predicted molar refractivity (Wildman–Crippen MR) is 34.7 cm³/mol. The molecule has 0 spiro atoms. The van der Waals surface area contributed by atoms with Crippen molar-refractivity contribution >= 4 is 15.2 Å². The topological polar surface area (TPSA) is 135 Å². The van der Waals surface area contributed by atoms with E-state index in [4.69, 9.17) is 24.7 Å². The predicted octanol–water partition coefficient (Wildman–Crippen LogP) is -0.995. The summed E-state index contributed by atoms with van der Waals surface area (Å²) in [5.41, 5.74) is 0. The third-order valence-electron chi connectivity index (χ3n) is 1.10. The van der Waals surface area contributed by atoms with Gasteiger partial charge >= 0.3 is 15.2 Å². The van der Waals surface area contributed by atoms with Gasteiger partial charge in [-0.05, 0) is 6.92 Å². The first kappa shape index (κ1) is 15.4. The van der Waals surface area contributed by atoms with Crippen molar-refractivity contribution in [2.75, 3.05) is 0 Å². The number of hydrogen-bond donors (Lipinski definition) is 5. The van der Waals surface area contributed by atoms with Gasteiger partial charge in [0, 0.05) is 20.4 Å². The summed E-state index contributed by atoms with van der Waals surface area (Å²) in [6.45, 7) is 0.383. The first-order valence-electron chi connectivity index (χ1n) is 2.34. The van der Waals surface area contributed by atoms with Gasteiger partial charge in [0.1, 0.15) is 0 Å². The summed E-state index contributed by atoms with van der Waals surface area (Å²) >= 11 is 0. The molecule has 0 rings (SSSR count). The summed E-state index contributed by atoms with van der Waals surface area (Å²) in [4.78, 5) is 33.0. The van der Waals surface area contributed by atoms with Gasteiger partial charge in [-0.25, -0.2) is 0 Å².